The first-order chi connectivity index (χ1) is 18.7. The quantitative estimate of drug-likeness (QED) is 0.264. The fourth-order valence-electron chi connectivity index (χ4n) is 3.47. The maximum atomic E-state index is 13.5. The minimum atomic E-state index is -3.65. The van der Waals surface area contributed by atoms with E-state index in [0.717, 1.165) is 16.3 Å². The Hall–Kier alpha value is -3.65. The molecule has 0 aliphatic rings. The molecule has 0 aliphatic heterocycles. The molecule has 11 nitrogen and oxygen atoms in total. The Bertz CT molecular complexity index is 1380. The molecule has 2 atom stereocenters. The van der Waals surface area contributed by atoms with E-state index in [2.05, 4.69) is 9.97 Å². The van der Waals surface area contributed by atoms with Crippen LogP contribution in [0.2, 0.25) is 0 Å². The maximum Gasteiger partial charge on any atom is 0.305 e. The predicted octanol–water partition coefficient (Wildman–Crippen LogP) is 3.14. The number of carboxylic acid groups (broad SMARTS) is 1. The fraction of sp³-hybridized carbons (Fsp3) is 0.370. The molecule has 0 saturated heterocycles. The topological polar surface area (TPSA) is 180 Å². The van der Waals surface area contributed by atoms with Crippen LogP contribution in [0.3, 0.4) is 0 Å². The van der Waals surface area contributed by atoms with Crippen molar-refractivity contribution in [3.8, 4) is 11.3 Å². The molecule has 2 aromatic heterocycles. The van der Waals surface area contributed by atoms with Crippen LogP contribution in [-0.2, 0) is 21.4 Å². The van der Waals surface area contributed by atoms with Gasteiger partial charge in [0.2, 0.25) is 16.0 Å². The summed E-state index contributed by atoms with van der Waals surface area (Å²) in [6.07, 6.45) is 2.47. The zero-order valence-electron chi connectivity index (χ0n) is 22.7. The van der Waals surface area contributed by atoms with E-state index in [1.807, 2.05) is 26.0 Å². The van der Waals surface area contributed by atoms with Crippen molar-refractivity contribution in [2.45, 2.75) is 51.4 Å². The molecule has 0 radical (unpaired) electrons. The van der Waals surface area contributed by atoms with E-state index in [1.165, 1.54) is 43.5 Å². The highest BCUT2D eigenvalue weighted by molar-refractivity contribution is 7.92. The predicted molar refractivity (Wildman–Crippen MR) is 149 cm³/mol. The number of hydrogen-bond donors (Lipinski definition) is 4. The zero-order valence-corrected chi connectivity index (χ0v) is 23.5. The number of aliphatic hydroxyl groups is 2. The molecule has 0 spiro atoms. The number of halogens is 1. The summed E-state index contributed by atoms with van der Waals surface area (Å²) in [6, 6.07) is 9.16. The number of sulfonamides is 1. The van der Waals surface area contributed by atoms with Gasteiger partial charge in [0.1, 0.15) is 11.6 Å². The first-order valence-corrected chi connectivity index (χ1v) is 14.2. The van der Waals surface area contributed by atoms with Gasteiger partial charge in [0, 0.05) is 24.6 Å². The number of aliphatic hydroxyl groups excluding tert-OH is 2. The van der Waals surface area contributed by atoms with Crippen LogP contribution < -0.4 is 10.0 Å². The largest absolute Gasteiger partial charge is 0.481 e. The van der Waals surface area contributed by atoms with Gasteiger partial charge in [0.05, 0.1) is 49.1 Å². The SMILES string of the molecule is CC(C)c1nc(N(C)S(C)(=O)=O)nc(-c2ccc(F)cc2)c1/C=C/[C@@H](O)C[C@@H](O)CC(=O)O.NCc1ccco1. The number of rotatable bonds is 11. The highest BCUT2D eigenvalue weighted by atomic mass is 32.2. The molecule has 1 aromatic carbocycles. The second kappa shape index (κ2) is 14.7. The summed E-state index contributed by atoms with van der Waals surface area (Å²) < 4.78 is 43.4. The van der Waals surface area contributed by atoms with Gasteiger partial charge in [-0.25, -0.2) is 27.1 Å². The molecule has 0 amide bonds. The third kappa shape index (κ3) is 9.83. The minimum absolute atomic E-state index is 0.0601. The van der Waals surface area contributed by atoms with Gasteiger partial charge >= 0.3 is 5.97 Å². The van der Waals surface area contributed by atoms with Crippen molar-refractivity contribution >= 4 is 28.0 Å². The lowest BCUT2D eigenvalue weighted by Crippen LogP contribution is -2.27. The Morgan fingerprint density at radius 3 is 2.30 bits per heavy atom. The van der Waals surface area contributed by atoms with Gasteiger partial charge in [-0.2, -0.15) is 0 Å². The number of furan rings is 1. The smallest absolute Gasteiger partial charge is 0.305 e. The fourth-order valence-corrected chi connectivity index (χ4v) is 3.85. The van der Waals surface area contributed by atoms with E-state index < -0.39 is 40.4 Å². The van der Waals surface area contributed by atoms with Crippen molar-refractivity contribution < 1.29 is 37.3 Å². The van der Waals surface area contributed by atoms with Gasteiger partial charge in [-0.1, -0.05) is 26.0 Å². The first kappa shape index (κ1) is 32.6. The van der Waals surface area contributed by atoms with E-state index in [1.54, 1.807) is 6.26 Å². The number of benzene rings is 1. The third-order valence-corrected chi connectivity index (χ3v) is 6.76. The van der Waals surface area contributed by atoms with Gasteiger partial charge < -0.3 is 25.5 Å². The van der Waals surface area contributed by atoms with Crippen molar-refractivity contribution in [3.05, 3.63) is 71.6 Å². The number of carboxylic acids is 1. The van der Waals surface area contributed by atoms with Gasteiger partial charge in [0.15, 0.2) is 0 Å². The molecule has 0 fully saturated rings. The summed E-state index contributed by atoms with van der Waals surface area (Å²) in [4.78, 5) is 19.6. The first-order valence-electron chi connectivity index (χ1n) is 12.3. The maximum absolute atomic E-state index is 13.5. The Morgan fingerprint density at radius 1 is 1.18 bits per heavy atom. The Morgan fingerprint density at radius 2 is 1.82 bits per heavy atom. The number of nitrogens with zero attached hydrogens (tertiary/aromatic N) is 3. The summed E-state index contributed by atoms with van der Waals surface area (Å²) in [5.74, 6) is -1.04. The van der Waals surface area contributed by atoms with Crippen molar-refractivity contribution in [2.75, 3.05) is 17.6 Å². The number of anilines is 1. The lowest BCUT2D eigenvalue weighted by Gasteiger charge is -2.20. The van der Waals surface area contributed by atoms with E-state index in [4.69, 9.17) is 15.3 Å². The molecule has 0 aliphatic carbocycles. The molecular formula is C27H35FN4O7S. The van der Waals surface area contributed by atoms with E-state index in [-0.39, 0.29) is 18.3 Å². The van der Waals surface area contributed by atoms with Gasteiger partial charge in [-0.3, -0.25) is 4.79 Å². The monoisotopic (exact) mass is 578 g/mol. The third-order valence-electron chi connectivity index (χ3n) is 5.60. The molecule has 2 heterocycles. The zero-order chi connectivity index (χ0) is 30.0. The van der Waals surface area contributed by atoms with Crippen LogP contribution in [0.5, 0.6) is 0 Å². The van der Waals surface area contributed by atoms with E-state index in [9.17, 15) is 27.8 Å². The van der Waals surface area contributed by atoms with Crippen LogP contribution in [0.25, 0.3) is 17.3 Å². The minimum Gasteiger partial charge on any atom is -0.481 e. The van der Waals surface area contributed by atoms with Gasteiger partial charge in [-0.15, -0.1) is 0 Å². The van der Waals surface area contributed by atoms with Crippen LogP contribution in [0.4, 0.5) is 10.3 Å². The number of carbonyl (C=O) groups is 1. The average Bonchev–Trinajstić information content (AvgIpc) is 3.40. The number of aliphatic carboxylic acids is 1. The van der Waals surface area contributed by atoms with E-state index in [0.29, 0.717) is 29.1 Å². The lowest BCUT2D eigenvalue weighted by molar-refractivity contribution is -0.139. The molecule has 40 heavy (non-hydrogen) atoms. The summed E-state index contributed by atoms with van der Waals surface area (Å²) in [7, 11) is -2.33. The summed E-state index contributed by atoms with van der Waals surface area (Å²) in [6.45, 7) is 4.20. The van der Waals surface area contributed by atoms with E-state index >= 15 is 0 Å². The van der Waals surface area contributed by atoms with Crippen molar-refractivity contribution in [3.63, 3.8) is 0 Å². The van der Waals surface area contributed by atoms with Crippen molar-refractivity contribution in [1.29, 1.82) is 0 Å². The Balaban J connectivity index is 0.000000693. The second-order valence-electron chi connectivity index (χ2n) is 9.26. The van der Waals surface area contributed by atoms with Crippen LogP contribution in [0.1, 0.15) is 49.6 Å². The van der Waals surface area contributed by atoms with Gasteiger partial charge in [0.25, 0.3) is 0 Å². The summed E-state index contributed by atoms with van der Waals surface area (Å²) >= 11 is 0. The summed E-state index contributed by atoms with van der Waals surface area (Å²) in [5, 5.41) is 28.8. The number of aromatic nitrogens is 2. The Kier molecular flexibility index (Phi) is 11.9. The van der Waals surface area contributed by atoms with Crippen LogP contribution >= 0.6 is 0 Å². The average molecular weight is 579 g/mol. The number of hydrogen-bond acceptors (Lipinski definition) is 9. The molecular weight excluding hydrogens is 543 g/mol. The van der Waals surface area contributed by atoms with Crippen molar-refractivity contribution in [1.82, 2.24) is 9.97 Å². The molecule has 0 unspecified atom stereocenters. The standard InChI is InChI=1S/C22H28FN3O6S.C5H7NO/c1-13(2)20-18(10-9-16(27)11-17(28)12-19(29)30)21(14-5-7-15(23)8-6-14)25-22(24-20)26(3)33(4,31)32;6-4-5-2-1-3-7-5/h5-10,13,16-17,27-28H,11-12H2,1-4H3,(H,29,30);1-3H,4,6H2/b10-9+;/t16-,17-;/m1./s1. The van der Waals surface area contributed by atoms with Crippen molar-refractivity contribution in [2.24, 2.45) is 5.73 Å². The highest BCUT2D eigenvalue weighted by Crippen LogP contribution is 2.31. The molecule has 3 rings (SSSR count). The Labute approximate surface area is 232 Å². The normalized spacial score (nSPS) is 13.1. The molecule has 0 saturated carbocycles. The molecule has 13 heteroatoms. The van der Waals surface area contributed by atoms with Crippen LogP contribution in [0, 0.1) is 5.82 Å². The molecule has 0 bridgehead atoms. The summed E-state index contributed by atoms with van der Waals surface area (Å²) in [5.41, 5.74) is 7.00. The van der Waals surface area contributed by atoms with Gasteiger partial charge in [-0.05, 0) is 42.3 Å². The molecule has 5 N–H and O–H groups in total. The molecule has 3 aromatic rings. The second-order valence-corrected chi connectivity index (χ2v) is 11.3. The van der Waals surface area contributed by atoms with Crippen LogP contribution in [-0.4, -0.2) is 65.2 Å². The highest BCUT2D eigenvalue weighted by Gasteiger charge is 2.22. The number of nitrogens with two attached hydrogens (primary N) is 1. The van der Waals surface area contributed by atoms with Crippen LogP contribution in [0.15, 0.2) is 53.2 Å². The lowest BCUT2D eigenvalue weighted by atomic mass is 9.97. The molecule has 218 valence electrons.